The fraction of sp³-hybridized carbons (Fsp3) is 0.938. The zero-order chi connectivity index (χ0) is 16.5. The third-order valence-corrected chi connectivity index (χ3v) is 6.79. The van der Waals surface area contributed by atoms with E-state index in [9.17, 15) is 4.79 Å². The minimum atomic E-state index is -1.74. The predicted molar refractivity (Wildman–Crippen MR) is 97.7 cm³/mol. The lowest BCUT2D eigenvalue weighted by Crippen LogP contribution is -2.40. The first-order valence-electron chi connectivity index (χ1n) is 8.22. The lowest BCUT2D eigenvalue weighted by molar-refractivity contribution is -0.118. The van der Waals surface area contributed by atoms with Gasteiger partial charge in [0.15, 0.2) is 8.32 Å². The molecule has 0 aromatic carbocycles. The molecule has 0 saturated carbocycles. The summed E-state index contributed by atoms with van der Waals surface area (Å²) >= 11 is 4.54. The maximum Gasteiger partial charge on any atom is 0.189 e. The zero-order valence-corrected chi connectivity index (χ0v) is 16.7. The number of nitrogens with zero attached hydrogens (tertiary/aromatic N) is 1. The van der Waals surface area contributed by atoms with Gasteiger partial charge >= 0.3 is 0 Å². The van der Waals surface area contributed by atoms with Gasteiger partial charge in [-0.15, -0.1) is 0 Å². The standard InChI is InChI=1S/C16H35NO2SSi/c1-7-9-16(20)11-8-10-15(18)12-13-21(5,6)19-14(2)17(3)4/h14,16,20H,7-13H2,1-6H3. The van der Waals surface area contributed by atoms with Crippen LogP contribution in [0, 0.1) is 0 Å². The van der Waals surface area contributed by atoms with Gasteiger partial charge in [-0.25, -0.2) is 0 Å². The molecule has 0 aromatic heterocycles. The van der Waals surface area contributed by atoms with Crippen molar-refractivity contribution in [2.24, 2.45) is 0 Å². The Morgan fingerprint density at radius 3 is 2.38 bits per heavy atom. The molecule has 0 saturated heterocycles. The first-order chi connectivity index (χ1) is 9.68. The Morgan fingerprint density at radius 2 is 1.86 bits per heavy atom. The second-order valence-electron chi connectivity index (χ2n) is 6.81. The van der Waals surface area contributed by atoms with Gasteiger partial charge in [0.2, 0.25) is 0 Å². The van der Waals surface area contributed by atoms with Crippen molar-refractivity contribution >= 4 is 26.7 Å². The van der Waals surface area contributed by atoms with Crippen molar-refractivity contribution in [3.05, 3.63) is 0 Å². The molecule has 126 valence electrons. The number of ketones is 1. The Bertz CT molecular complexity index is 298. The SMILES string of the molecule is CCCC(S)CCCC(=O)CC[Si](C)(C)OC(C)N(C)C. The maximum atomic E-state index is 12.0. The van der Waals surface area contributed by atoms with E-state index in [0.29, 0.717) is 23.9 Å². The van der Waals surface area contributed by atoms with Crippen LogP contribution in [0.15, 0.2) is 0 Å². The normalized spacial score (nSPS) is 15.2. The van der Waals surface area contributed by atoms with Crippen molar-refractivity contribution in [1.82, 2.24) is 4.90 Å². The van der Waals surface area contributed by atoms with Gasteiger partial charge in [0.1, 0.15) is 5.78 Å². The molecular formula is C16H35NO2SSi. The largest absolute Gasteiger partial charge is 0.402 e. The van der Waals surface area contributed by atoms with Crippen molar-refractivity contribution in [3.8, 4) is 0 Å². The first-order valence-corrected chi connectivity index (χ1v) is 11.8. The third kappa shape index (κ3) is 11.4. The summed E-state index contributed by atoms with van der Waals surface area (Å²) in [6.45, 7) is 8.64. The highest BCUT2D eigenvalue weighted by Gasteiger charge is 2.26. The highest BCUT2D eigenvalue weighted by Crippen LogP contribution is 2.19. The van der Waals surface area contributed by atoms with Gasteiger partial charge in [-0.05, 0) is 59.4 Å². The van der Waals surface area contributed by atoms with Crippen LogP contribution in [0.1, 0.15) is 52.4 Å². The van der Waals surface area contributed by atoms with Gasteiger partial charge in [0.25, 0.3) is 0 Å². The quantitative estimate of drug-likeness (QED) is 0.327. The molecule has 0 bridgehead atoms. The number of rotatable bonds is 12. The molecule has 0 aromatic rings. The van der Waals surface area contributed by atoms with E-state index in [4.69, 9.17) is 4.43 Å². The highest BCUT2D eigenvalue weighted by atomic mass is 32.1. The summed E-state index contributed by atoms with van der Waals surface area (Å²) in [5.41, 5.74) is 0. The predicted octanol–water partition coefficient (Wildman–Crippen LogP) is 4.34. The van der Waals surface area contributed by atoms with Crippen LogP contribution < -0.4 is 0 Å². The summed E-state index contributed by atoms with van der Waals surface area (Å²) in [7, 11) is 2.29. The molecule has 0 amide bonds. The molecule has 0 spiro atoms. The van der Waals surface area contributed by atoms with E-state index >= 15 is 0 Å². The molecule has 3 nitrogen and oxygen atoms in total. The van der Waals surface area contributed by atoms with Crippen LogP contribution in [-0.2, 0) is 9.22 Å². The molecular weight excluding hydrogens is 298 g/mol. The number of carbonyl (C=O) groups excluding carboxylic acids is 1. The monoisotopic (exact) mass is 333 g/mol. The van der Waals surface area contributed by atoms with Crippen LogP contribution in [-0.4, -0.2) is 44.6 Å². The number of thiol groups is 1. The molecule has 0 fully saturated rings. The van der Waals surface area contributed by atoms with E-state index in [2.05, 4.69) is 44.5 Å². The van der Waals surface area contributed by atoms with Gasteiger partial charge < -0.3 is 4.43 Å². The van der Waals surface area contributed by atoms with Gasteiger partial charge in [0, 0.05) is 18.1 Å². The van der Waals surface area contributed by atoms with Crippen LogP contribution in [0.5, 0.6) is 0 Å². The topological polar surface area (TPSA) is 29.5 Å². The molecule has 21 heavy (non-hydrogen) atoms. The van der Waals surface area contributed by atoms with Crippen LogP contribution in [0.25, 0.3) is 0 Å². The summed E-state index contributed by atoms with van der Waals surface area (Å²) in [5, 5.41) is 0.456. The van der Waals surface area contributed by atoms with E-state index < -0.39 is 8.32 Å². The van der Waals surface area contributed by atoms with Crippen molar-refractivity contribution in [2.75, 3.05) is 14.1 Å². The molecule has 0 N–H and O–H groups in total. The summed E-state index contributed by atoms with van der Waals surface area (Å²) in [5.74, 6) is 0.383. The number of carbonyl (C=O) groups is 1. The van der Waals surface area contributed by atoms with Gasteiger partial charge in [0.05, 0.1) is 6.23 Å². The van der Waals surface area contributed by atoms with Crippen molar-refractivity contribution in [2.45, 2.75) is 83.0 Å². The van der Waals surface area contributed by atoms with Crippen molar-refractivity contribution < 1.29 is 9.22 Å². The lowest BCUT2D eigenvalue weighted by Gasteiger charge is -2.30. The van der Waals surface area contributed by atoms with Crippen LogP contribution in [0.4, 0.5) is 0 Å². The minimum absolute atomic E-state index is 0.126. The van der Waals surface area contributed by atoms with Crippen LogP contribution in [0.2, 0.25) is 19.1 Å². The molecule has 0 rings (SSSR count). The number of Topliss-reactive ketones (excluding diaryl/α,β-unsaturated/α-hetero) is 1. The Morgan fingerprint density at radius 1 is 1.24 bits per heavy atom. The van der Waals surface area contributed by atoms with Gasteiger partial charge in [-0.2, -0.15) is 12.6 Å². The van der Waals surface area contributed by atoms with E-state index in [-0.39, 0.29) is 6.23 Å². The summed E-state index contributed by atoms with van der Waals surface area (Å²) in [4.78, 5) is 14.0. The summed E-state index contributed by atoms with van der Waals surface area (Å²) in [6, 6.07) is 0.920. The smallest absolute Gasteiger partial charge is 0.189 e. The van der Waals surface area contributed by atoms with Crippen LogP contribution >= 0.6 is 12.6 Å². The third-order valence-electron chi connectivity index (χ3n) is 3.84. The molecule has 0 aliphatic carbocycles. The zero-order valence-electron chi connectivity index (χ0n) is 14.8. The van der Waals surface area contributed by atoms with E-state index in [1.165, 1.54) is 6.42 Å². The Kier molecular flexibility index (Phi) is 10.9. The second-order valence-corrected chi connectivity index (χ2v) is 11.8. The second kappa shape index (κ2) is 10.8. The Balaban J connectivity index is 3.90. The van der Waals surface area contributed by atoms with Crippen LogP contribution in [0.3, 0.4) is 0 Å². The van der Waals surface area contributed by atoms with E-state index in [1.54, 1.807) is 0 Å². The van der Waals surface area contributed by atoms with Crippen molar-refractivity contribution in [1.29, 1.82) is 0 Å². The average molecular weight is 334 g/mol. The van der Waals surface area contributed by atoms with Gasteiger partial charge in [-0.3, -0.25) is 9.69 Å². The van der Waals surface area contributed by atoms with E-state index in [0.717, 1.165) is 25.3 Å². The fourth-order valence-electron chi connectivity index (χ4n) is 2.20. The minimum Gasteiger partial charge on any atom is -0.402 e. The van der Waals surface area contributed by atoms with E-state index in [1.807, 2.05) is 14.1 Å². The average Bonchev–Trinajstić information content (AvgIpc) is 2.36. The number of hydrogen-bond acceptors (Lipinski definition) is 4. The first kappa shape index (κ1) is 21.2. The molecule has 0 aliphatic rings. The fourth-order valence-corrected chi connectivity index (χ4v) is 4.78. The Labute approximate surface area is 138 Å². The summed E-state index contributed by atoms with van der Waals surface area (Å²) in [6.07, 6.45) is 5.85. The summed E-state index contributed by atoms with van der Waals surface area (Å²) < 4.78 is 6.12. The van der Waals surface area contributed by atoms with Gasteiger partial charge in [-0.1, -0.05) is 13.3 Å². The number of hydrogen-bond donors (Lipinski definition) is 1. The molecule has 0 heterocycles. The lowest BCUT2D eigenvalue weighted by atomic mass is 10.1. The molecule has 2 unspecified atom stereocenters. The molecule has 5 heteroatoms. The molecule has 2 atom stereocenters. The van der Waals surface area contributed by atoms with Crippen molar-refractivity contribution in [3.63, 3.8) is 0 Å². The highest BCUT2D eigenvalue weighted by molar-refractivity contribution is 7.80. The Hall–Kier alpha value is 0.157. The maximum absolute atomic E-state index is 12.0. The molecule has 0 aliphatic heterocycles. The molecule has 0 radical (unpaired) electrons.